The fourth-order valence-electron chi connectivity index (χ4n) is 1.69. The number of pyridine rings is 1. The van der Waals surface area contributed by atoms with Gasteiger partial charge in [-0.3, -0.25) is 4.79 Å². The van der Waals surface area contributed by atoms with Crippen molar-refractivity contribution in [2.45, 2.75) is 6.54 Å². The first-order chi connectivity index (χ1) is 9.56. The van der Waals surface area contributed by atoms with Crippen LogP contribution in [0.5, 0.6) is 5.75 Å². The van der Waals surface area contributed by atoms with Crippen molar-refractivity contribution in [2.75, 3.05) is 19.4 Å². The van der Waals surface area contributed by atoms with Crippen LogP contribution in [0.25, 0.3) is 0 Å². The normalized spacial score (nSPS) is 10.1. The number of anilines is 1. The molecular weight excluding hydrogens is 254 g/mol. The fraction of sp³-hybridized carbons (Fsp3) is 0.200. The van der Waals surface area contributed by atoms with Crippen LogP contribution in [-0.2, 0) is 6.54 Å². The van der Waals surface area contributed by atoms with E-state index in [2.05, 4.69) is 10.3 Å². The summed E-state index contributed by atoms with van der Waals surface area (Å²) in [6, 6.07) is 10.5. The SMILES string of the molecule is CN(C)C(=O)c1ccc(NCc2ccc(O)cc2)nc1. The predicted octanol–water partition coefficient (Wildman–Crippen LogP) is 2.10. The molecule has 5 nitrogen and oxygen atoms in total. The van der Waals surface area contributed by atoms with Crippen LogP contribution in [-0.4, -0.2) is 35.0 Å². The van der Waals surface area contributed by atoms with E-state index >= 15 is 0 Å². The van der Waals surface area contributed by atoms with E-state index in [0.717, 1.165) is 5.56 Å². The Bertz CT molecular complexity index is 577. The van der Waals surface area contributed by atoms with Crippen LogP contribution in [0.2, 0.25) is 0 Å². The average Bonchev–Trinajstić information content (AvgIpc) is 2.46. The maximum absolute atomic E-state index is 11.7. The zero-order valence-corrected chi connectivity index (χ0v) is 11.5. The molecule has 0 aliphatic carbocycles. The first-order valence-electron chi connectivity index (χ1n) is 6.26. The van der Waals surface area contributed by atoms with Gasteiger partial charge in [0.25, 0.3) is 5.91 Å². The van der Waals surface area contributed by atoms with Gasteiger partial charge in [0.2, 0.25) is 0 Å². The van der Waals surface area contributed by atoms with Gasteiger partial charge in [-0.25, -0.2) is 4.98 Å². The molecule has 0 unspecified atom stereocenters. The number of carbonyl (C=O) groups excluding carboxylic acids is 1. The summed E-state index contributed by atoms with van der Waals surface area (Å²) in [5.74, 6) is 0.884. The quantitative estimate of drug-likeness (QED) is 0.893. The summed E-state index contributed by atoms with van der Waals surface area (Å²) < 4.78 is 0. The van der Waals surface area contributed by atoms with Crippen molar-refractivity contribution < 1.29 is 9.90 Å². The van der Waals surface area contributed by atoms with Gasteiger partial charge < -0.3 is 15.3 Å². The van der Waals surface area contributed by atoms with Crippen LogP contribution in [0.3, 0.4) is 0 Å². The lowest BCUT2D eigenvalue weighted by atomic mass is 10.2. The summed E-state index contributed by atoms with van der Waals surface area (Å²) in [6.07, 6.45) is 1.56. The van der Waals surface area contributed by atoms with Crippen molar-refractivity contribution in [3.63, 3.8) is 0 Å². The number of hydrogen-bond donors (Lipinski definition) is 2. The maximum Gasteiger partial charge on any atom is 0.254 e. The maximum atomic E-state index is 11.7. The standard InChI is InChI=1S/C15H17N3O2/c1-18(2)15(20)12-5-8-14(17-10-12)16-9-11-3-6-13(19)7-4-11/h3-8,10,19H,9H2,1-2H3,(H,16,17). The lowest BCUT2D eigenvalue weighted by Gasteiger charge is -2.10. The predicted molar refractivity (Wildman–Crippen MR) is 77.7 cm³/mol. The number of amides is 1. The van der Waals surface area contributed by atoms with Crippen molar-refractivity contribution in [1.29, 1.82) is 0 Å². The minimum absolute atomic E-state index is 0.0671. The molecule has 0 atom stereocenters. The van der Waals surface area contributed by atoms with Crippen LogP contribution >= 0.6 is 0 Å². The number of carbonyl (C=O) groups is 1. The Morgan fingerprint density at radius 3 is 2.45 bits per heavy atom. The Morgan fingerprint density at radius 2 is 1.90 bits per heavy atom. The largest absolute Gasteiger partial charge is 0.508 e. The van der Waals surface area contributed by atoms with Crippen molar-refractivity contribution in [3.8, 4) is 5.75 Å². The third-order valence-electron chi connectivity index (χ3n) is 2.83. The number of nitrogens with one attached hydrogen (secondary N) is 1. The molecule has 0 aliphatic rings. The highest BCUT2D eigenvalue weighted by molar-refractivity contribution is 5.93. The highest BCUT2D eigenvalue weighted by Gasteiger charge is 2.07. The molecule has 0 radical (unpaired) electrons. The van der Waals surface area contributed by atoms with E-state index in [1.165, 1.54) is 4.90 Å². The molecule has 2 aromatic rings. The van der Waals surface area contributed by atoms with Gasteiger partial charge in [-0.2, -0.15) is 0 Å². The molecule has 1 aromatic carbocycles. The Morgan fingerprint density at radius 1 is 1.20 bits per heavy atom. The van der Waals surface area contributed by atoms with Gasteiger partial charge in [-0.1, -0.05) is 12.1 Å². The molecular formula is C15H17N3O2. The minimum atomic E-state index is -0.0671. The van der Waals surface area contributed by atoms with Crippen molar-refractivity contribution in [3.05, 3.63) is 53.7 Å². The molecule has 0 aliphatic heterocycles. The fourth-order valence-corrected chi connectivity index (χ4v) is 1.69. The Hall–Kier alpha value is -2.56. The Balaban J connectivity index is 1.97. The molecule has 0 bridgehead atoms. The number of rotatable bonds is 4. The second kappa shape index (κ2) is 6.06. The van der Waals surface area contributed by atoms with Crippen LogP contribution in [0, 0.1) is 0 Å². The van der Waals surface area contributed by atoms with Gasteiger partial charge in [-0.05, 0) is 29.8 Å². The summed E-state index contributed by atoms with van der Waals surface area (Å²) in [7, 11) is 3.42. The molecule has 20 heavy (non-hydrogen) atoms. The number of nitrogens with zero attached hydrogens (tertiary/aromatic N) is 2. The highest BCUT2D eigenvalue weighted by Crippen LogP contribution is 2.12. The van der Waals surface area contributed by atoms with Crippen molar-refractivity contribution in [1.82, 2.24) is 9.88 Å². The van der Waals surface area contributed by atoms with Crippen LogP contribution < -0.4 is 5.32 Å². The zero-order valence-electron chi connectivity index (χ0n) is 11.5. The van der Waals surface area contributed by atoms with E-state index in [1.807, 2.05) is 12.1 Å². The smallest absolute Gasteiger partial charge is 0.254 e. The molecule has 5 heteroatoms. The summed E-state index contributed by atoms with van der Waals surface area (Å²) in [5.41, 5.74) is 1.60. The van der Waals surface area contributed by atoms with E-state index < -0.39 is 0 Å². The van der Waals surface area contributed by atoms with Gasteiger partial charge in [0.1, 0.15) is 11.6 Å². The second-order valence-corrected chi connectivity index (χ2v) is 4.65. The Labute approximate surface area is 117 Å². The first-order valence-corrected chi connectivity index (χ1v) is 6.26. The molecule has 1 heterocycles. The third-order valence-corrected chi connectivity index (χ3v) is 2.83. The Kier molecular flexibility index (Phi) is 4.20. The van der Waals surface area contributed by atoms with Gasteiger partial charge in [-0.15, -0.1) is 0 Å². The van der Waals surface area contributed by atoms with E-state index in [0.29, 0.717) is 17.9 Å². The summed E-state index contributed by atoms with van der Waals surface area (Å²) in [6.45, 7) is 0.605. The number of benzene rings is 1. The van der Waals surface area contributed by atoms with E-state index in [9.17, 15) is 9.90 Å². The summed E-state index contributed by atoms with van der Waals surface area (Å²) in [4.78, 5) is 17.4. The monoisotopic (exact) mass is 271 g/mol. The summed E-state index contributed by atoms with van der Waals surface area (Å²) in [5, 5.41) is 12.4. The van der Waals surface area contributed by atoms with Crippen LogP contribution in [0.15, 0.2) is 42.6 Å². The summed E-state index contributed by atoms with van der Waals surface area (Å²) >= 11 is 0. The number of phenols is 1. The highest BCUT2D eigenvalue weighted by atomic mass is 16.3. The third kappa shape index (κ3) is 3.47. The van der Waals surface area contributed by atoms with Crippen molar-refractivity contribution >= 4 is 11.7 Å². The van der Waals surface area contributed by atoms with E-state index in [4.69, 9.17) is 0 Å². The molecule has 2 rings (SSSR count). The molecule has 104 valence electrons. The molecule has 0 spiro atoms. The molecule has 0 fully saturated rings. The number of aromatic hydroxyl groups is 1. The first kappa shape index (κ1) is 13.9. The van der Waals surface area contributed by atoms with Crippen molar-refractivity contribution in [2.24, 2.45) is 0 Å². The van der Waals surface area contributed by atoms with Gasteiger partial charge in [0, 0.05) is 26.8 Å². The molecule has 0 saturated carbocycles. The van der Waals surface area contributed by atoms with E-state index in [-0.39, 0.29) is 11.7 Å². The second-order valence-electron chi connectivity index (χ2n) is 4.65. The van der Waals surface area contributed by atoms with Gasteiger partial charge in [0.15, 0.2) is 0 Å². The average molecular weight is 271 g/mol. The molecule has 0 saturated heterocycles. The number of phenolic OH excluding ortho intramolecular Hbond substituents is 1. The number of aromatic nitrogens is 1. The van der Waals surface area contributed by atoms with Gasteiger partial charge in [0.05, 0.1) is 5.56 Å². The lowest BCUT2D eigenvalue weighted by molar-refractivity contribution is 0.0827. The zero-order chi connectivity index (χ0) is 14.5. The number of hydrogen-bond acceptors (Lipinski definition) is 4. The molecule has 1 aromatic heterocycles. The van der Waals surface area contributed by atoms with Crippen LogP contribution in [0.1, 0.15) is 15.9 Å². The minimum Gasteiger partial charge on any atom is -0.508 e. The van der Waals surface area contributed by atoms with Crippen LogP contribution in [0.4, 0.5) is 5.82 Å². The topological polar surface area (TPSA) is 65.5 Å². The molecule has 1 amide bonds. The lowest BCUT2D eigenvalue weighted by Crippen LogP contribution is -2.21. The molecule has 2 N–H and O–H groups in total. The van der Waals surface area contributed by atoms with Gasteiger partial charge >= 0.3 is 0 Å². The van der Waals surface area contributed by atoms with E-state index in [1.54, 1.807) is 44.6 Å².